The average molecular weight is 271 g/mol. The number of amides is 1. The Balaban J connectivity index is 1.54. The maximum Gasteiger partial charge on any atom is 0.224 e. The molecule has 20 heavy (non-hydrogen) atoms. The largest absolute Gasteiger partial charge is 0.508 e. The van der Waals surface area contributed by atoms with Crippen LogP contribution in [0.25, 0.3) is 0 Å². The number of nitrogens with zero attached hydrogens (tertiary/aromatic N) is 2. The van der Waals surface area contributed by atoms with E-state index in [0.717, 1.165) is 17.5 Å². The summed E-state index contributed by atoms with van der Waals surface area (Å²) in [5.41, 5.74) is 2.03. The number of benzene rings is 1. The molecule has 0 saturated heterocycles. The van der Waals surface area contributed by atoms with Crippen LogP contribution in [0.1, 0.15) is 23.5 Å². The topological polar surface area (TPSA) is 67.2 Å². The Bertz CT molecular complexity index is 636. The van der Waals surface area contributed by atoms with Gasteiger partial charge in [0.1, 0.15) is 5.75 Å². The number of carbonyl (C=O) groups is 1. The summed E-state index contributed by atoms with van der Waals surface area (Å²) in [6, 6.07) is 6.92. The van der Waals surface area contributed by atoms with Crippen molar-refractivity contribution in [2.24, 2.45) is 13.0 Å². The van der Waals surface area contributed by atoms with E-state index in [1.807, 2.05) is 25.5 Å². The molecule has 0 unspecified atom stereocenters. The monoisotopic (exact) mass is 271 g/mol. The van der Waals surface area contributed by atoms with Crippen molar-refractivity contribution in [2.75, 3.05) is 0 Å². The molecule has 3 rings (SSSR count). The first-order valence-electron chi connectivity index (χ1n) is 6.67. The standard InChI is InChI=1S/C15H17N3O2/c1-18-9-11(8-17-18)13-6-14(13)15(20)16-7-10-3-2-4-12(19)5-10/h2-5,8-9,13-14,19H,6-7H2,1H3,(H,16,20)/t13-,14+/m0/s1. The van der Waals surface area contributed by atoms with E-state index < -0.39 is 0 Å². The predicted octanol–water partition coefficient (Wildman–Crippen LogP) is 1.55. The van der Waals surface area contributed by atoms with E-state index in [-0.39, 0.29) is 17.6 Å². The van der Waals surface area contributed by atoms with Crippen molar-refractivity contribution in [3.05, 3.63) is 47.8 Å². The van der Waals surface area contributed by atoms with Crippen molar-refractivity contribution >= 4 is 5.91 Å². The molecule has 1 amide bonds. The highest BCUT2D eigenvalue weighted by Gasteiger charge is 2.44. The van der Waals surface area contributed by atoms with E-state index in [1.54, 1.807) is 22.9 Å². The Hall–Kier alpha value is -2.30. The molecule has 2 atom stereocenters. The van der Waals surface area contributed by atoms with Crippen LogP contribution in [0.3, 0.4) is 0 Å². The maximum absolute atomic E-state index is 12.1. The van der Waals surface area contributed by atoms with Gasteiger partial charge in [-0.15, -0.1) is 0 Å². The second-order valence-corrected chi connectivity index (χ2v) is 5.28. The lowest BCUT2D eigenvalue weighted by Crippen LogP contribution is -2.24. The maximum atomic E-state index is 12.1. The van der Waals surface area contributed by atoms with Crippen LogP contribution in [0, 0.1) is 5.92 Å². The second kappa shape index (κ2) is 5.00. The Kier molecular flexibility index (Phi) is 3.18. The zero-order valence-electron chi connectivity index (χ0n) is 11.3. The van der Waals surface area contributed by atoms with Crippen molar-refractivity contribution in [1.29, 1.82) is 0 Å². The fraction of sp³-hybridized carbons (Fsp3) is 0.333. The molecule has 1 saturated carbocycles. The molecule has 1 fully saturated rings. The number of phenols is 1. The Morgan fingerprint density at radius 1 is 1.55 bits per heavy atom. The van der Waals surface area contributed by atoms with Gasteiger partial charge >= 0.3 is 0 Å². The summed E-state index contributed by atoms with van der Waals surface area (Å²) in [5.74, 6) is 0.642. The van der Waals surface area contributed by atoms with Gasteiger partial charge in [-0.05, 0) is 35.6 Å². The van der Waals surface area contributed by atoms with Gasteiger partial charge in [0.05, 0.1) is 6.20 Å². The number of hydrogen-bond acceptors (Lipinski definition) is 3. The molecule has 2 aromatic rings. The van der Waals surface area contributed by atoms with E-state index in [4.69, 9.17) is 0 Å². The van der Waals surface area contributed by atoms with E-state index in [2.05, 4.69) is 10.4 Å². The van der Waals surface area contributed by atoms with Crippen LogP contribution >= 0.6 is 0 Å². The third-order valence-electron chi connectivity index (χ3n) is 3.66. The molecule has 0 radical (unpaired) electrons. The summed E-state index contributed by atoms with van der Waals surface area (Å²) < 4.78 is 1.76. The number of aromatic hydroxyl groups is 1. The number of nitrogens with one attached hydrogen (secondary N) is 1. The smallest absolute Gasteiger partial charge is 0.224 e. The minimum Gasteiger partial charge on any atom is -0.508 e. The summed E-state index contributed by atoms with van der Waals surface area (Å²) in [7, 11) is 1.88. The molecular weight excluding hydrogens is 254 g/mol. The lowest BCUT2D eigenvalue weighted by molar-refractivity contribution is -0.122. The van der Waals surface area contributed by atoms with Crippen LogP contribution in [0.4, 0.5) is 0 Å². The fourth-order valence-corrected chi connectivity index (χ4v) is 2.47. The lowest BCUT2D eigenvalue weighted by Gasteiger charge is -2.05. The summed E-state index contributed by atoms with van der Waals surface area (Å²) in [5, 5.41) is 16.4. The molecule has 5 heteroatoms. The fourth-order valence-electron chi connectivity index (χ4n) is 2.47. The van der Waals surface area contributed by atoms with Gasteiger partial charge < -0.3 is 10.4 Å². The van der Waals surface area contributed by atoms with Gasteiger partial charge in [-0.25, -0.2) is 0 Å². The zero-order chi connectivity index (χ0) is 14.1. The first kappa shape index (κ1) is 12.7. The van der Waals surface area contributed by atoms with Crippen molar-refractivity contribution in [2.45, 2.75) is 18.9 Å². The van der Waals surface area contributed by atoms with Gasteiger partial charge in [0, 0.05) is 25.7 Å². The highest BCUT2D eigenvalue weighted by atomic mass is 16.3. The van der Waals surface area contributed by atoms with E-state index >= 15 is 0 Å². The highest BCUT2D eigenvalue weighted by molar-refractivity contribution is 5.82. The van der Waals surface area contributed by atoms with E-state index in [0.29, 0.717) is 12.5 Å². The van der Waals surface area contributed by atoms with Crippen LogP contribution in [-0.2, 0) is 18.4 Å². The predicted molar refractivity (Wildman–Crippen MR) is 74.0 cm³/mol. The number of aryl methyl sites for hydroxylation is 1. The first-order chi connectivity index (χ1) is 9.63. The molecule has 0 bridgehead atoms. The molecule has 104 valence electrons. The summed E-state index contributed by atoms with van der Waals surface area (Å²) in [4.78, 5) is 12.1. The normalized spacial score (nSPS) is 20.6. The van der Waals surface area contributed by atoms with Crippen molar-refractivity contribution in [3.63, 3.8) is 0 Å². The van der Waals surface area contributed by atoms with Crippen LogP contribution in [0.5, 0.6) is 5.75 Å². The first-order valence-corrected chi connectivity index (χ1v) is 6.67. The van der Waals surface area contributed by atoms with E-state index in [1.165, 1.54) is 0 Å². The van der Waals surface area contributed by atoms with Crippen molar-refractivity contribution in [1.82, 2.24) is 15.1 Å². The average Bonchev–Trinajstić information content (AvgIpc) is 3.12. The second-order valence-electron chi connectivity index (χ2n) is 5.28. The van der Waals surface area contributed by atoms with Gasteiger partial charge in [0.2, 0.25) is 5.91 Å². The molecule has 1 aromatic carbocycles. The molecule has 1 heterocycles. The van der Waals surface area contributed by atoms with Crippen LogP contribution < -0.4 is 5.32 Å². The molecular formula is C15H17N3O2. The summed E-state index contributed by atoms with van der Waals surface area (Å²) in [6.45, 7) is 0.448. The Morgan fingerprint density at radius 3 is 3.10 bits per heavy atom. The van der Waals surface area contributed by atoms with Gasteiger partial charge in [-0.2, -0.15) is 5.10 Å². The number of rotatable bonds is 4. The molecule has 1 aromatic heterocycles. The summed E-state index contributed by atoms with van der Waals surface area (Å²) >= 11 is 0. The van der Waals surface area contributed by atoms with Gasteiger partial charge in [-0.1, -0.05) is 12.1 Å². The van der Waals surface area contributed by atoms with Crippen LogP contribution in [0.15, 0.2) is 36.7 Å². The number of phenolic OH excluding ortho intramolecular Hbond substituents is 1. The van der Waals surface area contributed by atoms with Crippen molar-refractivity contribution in [3.8, 4) is 5.75 Å². The third kappa shape index (κ3) is 2.66. The van der Waals surface area contributed by atoms with Gasteiger partial charge in [0.25, 0.3) is 0 Å². The molecule has 0 aliphatic heterocycles. The molecule has 1 aliphatic carbocycles. The molecule has 0 spiro atoms. The van der Waals surface area contributed by atoms with Crippen molar-refractivity contribution < 1.29 is 9.90 Å². The third-order valence-corrected chi connectivity index (χ3v) is 3.66. The minimum atomic E-state index is 0.0523. The quantitative estimate of drug-likeness (QED) is 0.886. The SMILES string of the molecule is Cn1cc([C@@H]2C[C@H]2C(=O)NCc2cccc(O)c2)cn1. The Morgan fingerprint density at radius 2 is 2.40 bits per heavy atom. The van der Waals surface area contributed by atoms with Gasteiger partial charge in [0.15, 0.2) is 0 Å². The zero-order valence-corrected chi connectivity index (χ0v) is 11.3. The van der Waals surface area contributed by atoms with Crippen LogP contribution in [0.2, 0.25) is 0 Å². The molecule has 5 nitrogen and oxygen atoms in total. The Labute approximate surface area is 117 Å². The number of hydrogen-bond donors (Lipinski definition) is 2. The molecule has 2 N–H and O–H groups in total. The molecule has 1 aliphatic rings. The lowest BCUT2D eigenvalue weighted by atomic mass is 10.2. The van der Waals surface area contributed by atoms with Gasteiger partial charge in [-0.3, -0.25) is 9.48 Å². The minimum absolute atomic E-state index is 0.0523. The van der Waals surface area contributed by atoms with E-state index in [9.17, 15) is 9.90 Å². The summed E-state index contributed by atoms with van der Waals surface area (Å²) in [6.07, 6.45) is 4.68. The highest BCUT2D eigenvalue weighted by Crippen LogP contribution is 2.47. The van der Waals surface area contributed by atoms with Crippen LogP contribution in [-0.4, -0.2) is 20.8 Å². The number of aromatic nitrogens is 2. The number of carbonyl (C=O) groups excluding carboxylic acids is 1.